The highest BCUT2D eigenvalue weighted by molar-refractivity contribution is 5.93. The highest BCUT2D eigenvalue weighted by atomic mass is 16.2. The zero-order chi connectivity index (χ0) is 15.7. The van der Waals surface area contributed by atoms with Crippen molar-refractivity contribution < 1.29 is 4.79 Å². The molecule has 1 saturated heterocycles. The van der Waals surface area contributed by atoms with Crippen LogP contribution in [0, 0.1) is 5.41 Å². The Kier molecular flexibility index (Phi) is 3.81. The zero-order valence-electron chi connectivity index (χ0n) is 13.6. The highest BCUT2D eigenvalue weighted by Gasteiger charge is 2.42. The smallest absolute Gasteiger partial charge is 0.270 e. The lowest BCUT2D eigenvalue weighted by Crippen LogP contribution is -2.31. The number of aryl methyl sites for hydroxylation is 1. The fraction of sp³-hybridized carbons (Fsp3) is 0.421. The molecule has 1 fully saturated rings. The summed E-state index contributed by atoms with van der Waals surface area (Å²) < 4.78 is 2.02. The summed E-state index contributed by atoms with van der Waals surface area (Å²) in [6.45, 7) is 9.02. The van der Waals surface area contributed by atoms with Crippen LogP contribution < -0.4 is 0 Å². The Hall–Kier alpha value is -2.03. The number of rotatable bonds is 3. The number of carbonyl (C=O) groups is 1. The third kappa shape index (κ3) is 2.56. The third-order valence-electron chi connectivity index (χ3n) is 4.82. The Bertz CT molecular complexity index is 657. The molecule has 3 rings (SSSR count). The number of amides is 1. The lowest BCUT2D eigenvalue weighted by molar-refractivity contribution is 0.0767. The third-order valence-corrected chi connectivity index (χ3v) is 4.82. The van der Waals surface area contributed by atoms with Crippen LogP contribution in [0.15, 0.2) is 48.7 Å². The molecule has 0 N–H and O–H groups in total. The average molecular weight is 296 g/mol. The fourth-order valence-electron chi connectivity index (χ4n) is 3.58. The first kappa shape index (κ1) is 14.9. The predicted octanol–water partition coefficient (Wildman–Crippen LogP) is 3.77. The second-order valence-corrected chi connectivity index (χ2v) is 6.82. The topological polar surface area (TPSA) is 25.2 Å². The summed E-state index contributed by atoms with van der Waals surface area (Å²) in [5, 5.41) is 0. The number of carbonyl (C=O) groups excluding carboxylic acids is 1. The minimum atomic E-state index is 0.0979. The van der Waals surface area contributed by atoms with Crippen LogP contribution in [-0.2, 0) is 6.54 Å². The Morgan fingerprint density at radius 1 is 1.18 bits per heavy atom. The molecule has 1 aliphatic heterocycles. The van der Waals surface area contributed by atoms with Gasteiger partial charge in [0.05, 0.1) is 0 Å². The van der Waals surface area contributed by atoms with E-state index in [1.165, 1.54) is 5.56 Å². The van der Waals surface area contributed by atoms with Crippen molar-refractivity contribution in [3.8, 4) is 0 Å². The molecule has 1 aromatic heterocycles. The van der Waals surface area contributed by atoms with Gasteiger partial charge in [-0.3, -0.25) is 4.79 Å². The zero-order valence-corrected chi connectivity index (χ0v) is 13.6. The van der Waals surface area contributed by atoms with Gasteiger partial charge in [-0.1, -0.05) is 44.2 Å². The molecule has 2 aromatic rings. The Morgan fingerprint density at radius 3 is 2.59 bits per heavy atom. The van der Waals surface area contributed by atoms with Crippen LogP contribution in [0.5, 0.6) is 0 Å². The van der Waals surface area contributed by atoms with Gasteiger partial charge in [0.1, 0.15) is 5.69 Å². The van der Waals surface area contributed by atoms with E-state index in [0.29, 0.717) is 5.92 Å². The van der Waals surface area contributed by atoms with Gasteiger partial charge >= 0.3 is 0 Å². The van der Waals surface area contributed by atoms with Crippen molar-refractivity contribution in [1.29, 1.82) is 0 Å². The molecule has 0 spiro atoms. The molecule has 1 unspecified atom stereocenters. The van der Waals surface area contributed by atoms with Crippen molar-refractivity contribution in [2.75, 3.05) is 13.1 Å². The van der Waals surface area contributed by atoms with E-state index < -0.39 is 0 Å². The average Bonchev–Trinajstić information content (AvgIpc) is 3.11. The predicted molar refractivity (Wildman–Crippen MR) is 89.0 cm³/mol. The van der Waals surface area contributed by atoms with Crippen LogP contribution in [-0.4, -0.2) is 28.5 Å². The number of aromatic nitrogens is 1. The molecular formula is C19H24N2O. The normalized spacial score (nSPS) is 20.3. The van der Waals surface area contributed by atoms with Gasteiger partial charge in [0.25, 0.3) is 5.91 Å². The van der Waals surface area contributed by atoms with Gasteiger partial charge < -0.3 is 9.47 Å². The van der Waals surface area contributed by atoms with E-state index in [0.717, 1.165) is 25.3 Å². The molecule has 0 bridgehead atoms. The van der Waals surface area contributed by atoms with E-state index in [1.54, 1.807) is 0 Å². The lowest BCUT2D eigenvalue weighted by Gasteiger charge is -2.25. The molecule has 3 heteroatoms. The van der Waals surface area contributed by atoms with Crippen LogP contribution >= 0.6 is 0 Å². The maximum absolute atomic E-state index is 12.9. The van der Waals surface area contributed by atoms with Crippen LogP contribution in [0.2, 0.25) is 0 Å². The first-order valence-corrected chi connectivity index (χ1v) is 8.02. The Morgan fingerprint density at radius 2 is 1.91 bits per heavy atom. The molecule has 3 nitrogen and oxygen atoms in total. The van der Waals surface area contributed by atoms with Crippen LogP contribution in [0.1, 0.15) is 42.7 Å². The molecule has 116 valence electrons. The minimum absolute atomic E-state index is 0.0979. The number of likely N-dealkylation sites (tertiary alicyclic amines) is 1. The molecule has 0 saturated carbocycles. The van der Waals surface area contributed by atoms with E-state index in [4.69, 9.17) is 0 Å². The quantitative estimate of drug-likeness (QED) is 0.846. The lowest BCUT2D eigenvalue weighted by atomic mass is 9.78. The molecule has 0 radical (unpaired) electrons. The second-order valence-electron chi connectivity index (χ2n) is 6.82. The minimum Gasteiger partial charge on any atom is -0.344 e. The van der Waals surface area contributed by atoms with Crippen LogP contribution in [0.3, 0.4) is 0 Å². The van der Waals surface area contributed by atoms with E-state index in [-0.39, 0.29) is 11.3 Å². The van der Waals surface area contributed by atoms with Crippen molar-refractivity contribution >= 4 is 5.91 Å². The van der Waals surface area contributed by atoms with E-state index >= 15 is 0 Å². The summed E-state index contributed by atoms with van der Waals surface area (Å²) >= 11 is 0. The monoisotopic (exact) mass is 296 g/mol. The Labute approximate surface area is 132 Å². The number of nitrogens with zero attached hydrogens (tertiary/aromatic N) is 2. The SMILES string of the molecule is CCn1cccc1C(=O)N1CC(c2ccccc2)C(C)(C)C1. The highest BCUT2D eigenvalue weighted by Crippen LogP contribution is 2.42. The molecule has 1 amide bonds. The van der Waals surface area contributed by atoms with Crippen molar-refractivity contribution in [2.45, 2.75) is 33.2 Å². The maximum Gasteiger partial charge on any atom is 0.270 e. The van der Waals surface area contributed by atoms with Gasteiger partial charge in [0, 0.05) is 31.7 Å². The summed E-state index contributed by atoms with van der Waals surface area (Å²) in [6, 6.07) is 14.4. The molecule has 2 heterocycles. The van der Waals surface area contributed by atoms with Gasteiger partial charge in [0.2, 0.25) is 0 Å². The maximum atomic E-state index is 12.9. The molecule has 1 atom stereocenters. The largest absolute Gasteiger partial charge is 0.344 e. The first-order valence-electron chi connectivity index (χ1n) is 8.02. The van der Waals surface area contributed by atoms with Gasteiger partial charge in [0.15, 0.2) is 0 Å². The van der Waals surface area contributed by atoms with E-state index in [9.17, 15) is 4.79 Å². The van der Waals surface area contributed by atoms with E-state index in [1.807, 2.05) is 33.9 Å². The number of benzene rings is 1. The first-order chi connectivity index (χ1) is 10.5. The van der Waals surface area contributed by atoms with Crippen LogP contribution in [0.25, 0.3) is 0 Å². The standard InChI is InChI=1S/C19H24N2O/c1-4-20-12-8-11-17(20)18(22)21-13-16(19(2,3)14-21)15-9-6-5-7-10-15/h5-12,16H,4,13-14H2,1-3H3. The molecular weight excluding hydrogens is 272 g/mol. The summed E-state index contributed by atoms with van der Waals surface area (Å²) in [6.07, 6.45) is 1.98. The molecule has 0 aliphatic carbocycles. The van der Waals surface area contributed by atoms with Crippen molar-refractivity contribution in [3.05, 3.63) is 59.9 Å². The summed E-state index contributed by atoms with van der Waals surface area (Å²) in [7, 11) is 0. The fourth-order valence-corrected chi connectivity index (χ4v) is 3.58. The van der Waals surface area contributed by atoms with Crippen molar-refractivity contribution in [3.63, 3.8) is 0 Å². The Balaban J connectivity index is 1.85. The molecule has 22 heavy (non-hydrogen) atoms. The number of hydrogen-bond acceptors (Lipinski definition) is 1. The van der Waals surface area contributed by atoms with E-state index in [2.05, 4.69) is 45.0 Å². The summed E-state index contributed by atoms with van der Waals surface area (Å²) in [5.41, 5.74) is 2.22. The van der Waals surface area contributed by atoms with Gasteiger partial charge in [-0.25, -0.2) is 0 Å². The van der Waals surface area contributed by atoms with Crippen LogP contribution in [0.4, 0.5) is 0 Å². The summed E-state index contributed by atoms with van der Waals surface area (Å²) in [5.74, 6) is 0.543. The number of hydrogen-bond donors (Lipinski definition) is 0. The van der Waals surface area contributed by atoms with Gasteiger partial charge in [-0.2, -0.15) is 0 Å². The second kappa shape index (κ2) is 5.64. The molecule has 1 aliphatic rings. The van der Waals surface area contributed by atoms with Crippen molar-refractivity contribution in [1.82, 2.24) is 9.47 Å². The van der Waals surface area contributed by atoms with Crippen molar-refractivity contribution in [2.24, 2.45) is 5.41 Å². The molecule has 1 aromatic carbocycles. The van der Waals surface area contributed by atoms with Gasteiger partial charge in [-0.05, 0) is 30.0 Å². The van der Waals surface area contributed by atoms with Gasteiger partial charge in [-0.15, -0.1) is 0 Å². The summed E-state index contributed by atoms with van der Waals surface area (Å²) in [4.78, 5) is 14.9.